The summed E-state index contributed by atoms with van der Waals surface area (Å²) in [6, 6.07) is 1.41. The molecule has 0 spiro atoms. The van der Waals surface area contributed by atoms with Gasteiger partial charge >= 0.3 is 0 Å². The highest BCUT2D eigenvalue weighted by atomic mass is 19.1. The Morgan fingerprint density at radius 2 is 2.21 bits per heavy atom. The zero-order valence-corrected chi connectivity index (χ0v) is 16.4. The Balaban J connectivity index is 1.77. The summed E-state index contributed by atoms with van der Waals surface area (Å²) in [4.78, 5) is 21.1. The molecule has 8 heteroatoms. The molecule has 29 heavy (non-hydrogen) atoms. The van der Waals surface area contributed by atoms with Crippen molar-refractivity contribution in [2.45, 2.75) is 44.9 Å². The van der Waals surface area contributed by atoms with Crippen LogP contribution in [0, 0.1) is 6.92 Å². The average Bonchev–Trinajstić information content (AvgIpc) is 2.67. The number of hydrogen-bond donors (Lipinski definition) is 1. The standard InChI is InChI=1S/C21H25F2N3O3/c1-14-11-21(28)26(16-5-6-19(18(23)13-16)24-8-9-27)20(25-14)7-10-29-17-4-2-3-15(22)12-17/h2-3,11-13,17-18,27H,4-10H2,1H3. The average molecular weight is 405 g/mol. The lowest BCUT2D eigenvalue weighted by Gasteiger charge is -2.22. The third-order valence-corrected chi connectivity index (χ3v) is 4.76. The Bertz CT molecular complexity index is 918. The maximum atomic E-state index is 14.5. The lowest BCUT2D eigenvalue weighted by atomic mass is 10.00. The molecule has 2 aliphatic carbocycles. The van der Waals surface area contributed by atoms with Gasteiger partial charge in [-0.25, -0.2) is 13.8 Å². The second-order valence-corrected chi connectivity index (χ2v) is 6.99. The molecule has 0 radical (unpaired) electrons. The number of hydrogen-bond acceptors (Lipinski definition) is 5. The molecule has 1 aromatic rings. The zero-order valence-electron chi connectivity index (χ0n) is 16.4. The first kappa shape index (κ1) is 21.3. The molecular formula is C21H25F2N3O3. The van der Waals surface area contributed by atoms with Gasteiger partial charge in [-0.05, 0) is 44.4 Å². The number of ether oxygens (including phenoxy) is 1. The predicted octanol–water partition coefficient (Wildman–Crippen LogP) is 2.70. The normalized spacial score (nSPS) is 23.2. The van der Waals surface area contributed by atoms with E-state index in [4.69, 9.17) is 9.84 Å². The van der Waals surface area contributed by atoms with Crippen LogP contribution in [0.3, 0.4) is 0 Å². The summed E-state index contributed by atoms with van der Waals surface area (Å²) in [5.74, 6) is 0.159. The van der Waals surface area contributed by atoms with Crippen LogP contribution in [-0.4, -0.2) is 52.4 Å². The van der Waals surface area contributed by atoms with Gasteiger partial charge in [0.2, 0.25) is 0 Å². The van der Waals surface area contributed by atoms with Gasteiger partial charge in [0.1, 0.15) is 11.7 Å². The molecular weight excluding hydrogens is 380 g/mol. The molecule has 1 N–H and O–H groups in total. The van der Waals surface area contributed by atoms with Gasteiger partial charge < -0.3 is 9.84 Å². The number of aliphatic hydroxyl groups is 1. The molecule has 0 aromatic carbocycles. The SMILES string of the molecule is Cc1cc(=O)n(C2=CC(F)C(=NCCO)CC2)c(CCOC2C=C(F)C=CC2)n1. The molecule has 156 valence electrons. The van der Waals surface area contributed by atoms with E-state index in [0.717, 1.165) is 0 Å². The van der Waals surface area contributed by atoms with Gasteiger partial charge in [0.25, 0.3) is 5.56 Å². The summed E-state index contributed by atoms with van der Waals surface area (Å²) in [7, 11) is 0. The summed E-state index contributed by atoms with van der Waals surface area (Å²) in [5.41, 5.74) is 1.22. The lowest BCUT2D eigenvalue weighted by molar-refractivity contribution is 0.0861. The number of nitrogens with zero attached hydrogens (tertiary/aromatic N) is 3. The number of aliphatic imine (C=N–C) groups is 1. The molecule has 0 bridgehead atoms. The van der Waals surface area contributed by atoms with Gasteiger partial charge in [-0.2, -0.15) is 0 Å². The molecule has 0 amide bonds. The van der Waals surface area contributed by atoms with Crippen molar-refractivity contribution >= 4 is 11.4 Å². The molecule has 0 saturated carbocycles. The van der Waals surface area contributed by atoms with Crippen molar-refractivity contribution in [3.8, 4) is 0 Å². The molecule has 1 heterocycles. The first-order chi connectivity index (χ1) is 14.0. The Morgan fingerprint density at radius 3 is 2.93 bits per heavy atom. The number of aryl methyl sites for hydroxylation is 1. The van der Waals surface area contributed by atoms with Crippen LogP contribution in [-0.2, 0) is 11.2 Å². The van der Waals surface area contributed by atoms with Crippen molar-refractivity contribution in [3.63, 3.8) is 0 Å². The first-order valence-electron chi connectivity index (χ1n) is 9.72. The van der Waals surface area contributed by atoms with Crippen LogP contribution in [0.15, 0.2) is 46.0 Å². The van der Waals surface area contributed by atoms with Crippen LogP contribution >= 0.6 is 0 Å². The van der Waals surface area contributed by atoms with Crippen molar-refractivity contribution in [1.29, 1.82) is 0 Å². The largest absolute Gasteiger partial charge is 0.394 e. The van der Waals surface area contributed by atoms with E-state index in [1.165, 1.54) is 28.9 Å². The van der Waals surface area contributed by atoms with Crippen molar-refractivity contribution in [2.75, 3.05) is 19.8 Å². The second-order valence-electron chi connectivity index (χ2n) is 6.99. The number of aliphatic hydroxyl groups excluding tert-OH is 1. The van der Waals surface area contributed by atoms with Crippen molar-refractivity contribution in [3.05, 3.63) is 58.1 Å². The van der Waals surface area contributed by atoms with E-state index in [-0.39, 0.29) is 37.2 Å². The summed E-state index contributed by atoms with van der Waals surface area (Å²) in [6.45, 7) is 2.02. The van der Waals surface area contributed by atoms with E-state index >= 15 is 0 Å². The highest BCUT2D eigenvalue weighted by molar-refractivity contribution is 5.93. The predicted molar refractivity (Wildman–Crippen MR) is 107 cm³/mol. The van der Waals surface area contributed by atoms with Crippen LogP contribution in [0.2, 0.25) is 0 Å². The highest BCUT2D eigenvalue weighted by Crippen LogP contribution is 2.23. The fourth-order valence-corrected chi connectivity index (χ4v) is 3.45. The van der Waals surface area contributed by atoms with Crippen LogP contribution in [0.1, 0.15) is 30.8 Å². The Hall–Kier alpha value is -2.45. The van der Waals surface area contributed by atoms with Crippen molar-refractivity contribution in [1.82, 2.24) is 9.55 Å². The lowest BCUT2D eigenvalue weighted by Crippen LogP contribution is -2.29. The Labute approximate surface area is 167 Å². The van der Waals surface area contributed by atoms with E-state index < -0.39 is 6.17 Å². The van der Waals surface area contributed by atoms with Crippen LogP contribution in [0.5, 0.6) is 0 Å². The van der Waals surface area contributed by atoms with Gasteiger partial charge in [-0.1, -0.05) is 6.08 Å². The van der Waals surface area contributed by atoms with Gasteiger partial charge in [0.15, 0.2) is 6.17 Å². The van der Waals surface area contributed by atoms with Crippen LogP contribution in [0.25, 0.3) is 5.70 Å². The highest BCUT2D eigenvalue weighted by Gasteiger charge is 2.23. The van der Waals surface area contributed by atoms with Crippen molar-refractivity contribution in [2.24, 2.45) is 4.99 Å². The maximum absolute atomic E-state index is 14.5. The molecule has 3 rings (SSSR count). The summed E-state index contributed by atoms with van der Waals surface area (Å²) in [5, 5.41) is 8.86. The number of aromatic nitrogens is 2. The van der Waals surface area contributed by atoms with E-state index in [9.17, 15) is 13.6 Å². The monoisotopic (exact) mass is 405 g/mol. The van der Waals surface area contributed by atoms with E-state index in [1.807, 2.05) is 0 Å². The molecule has 1 aromatic heterocycles. The molecule has 2 atom stereocenters. The van der Waals surface area contributed by atoms with Gasteiger partial charge in [-0.15, -0.1) is 0 Å². The molecule has 6 nitrogen and oxygen atoms in total. The quantitative estimate of drug-likeness (QED) is 0.757. The third-order valence-electron chi connectivity index (χ3n) is 4.76. The van der Waals surface area contributed by atoms with Gasteiger partial charge in [0, 0.05) is 23.9 Å². The third kappa shape index (κ3) is 5.55. The summed E-state index contributed by atoms with van der Waals surface area (Å²) in [6.07, 6.45) is 5.92. The fourth-order valence-electron chi connectivity index (χ4n) is 3.45. The smallest absolute Gasteiger partial charge is 0.258 e. The Morgan fingerprint density at radius 1 is 1.38 bits per heavy atom. The zero-order chi connectivity index (χ0) is 20.8. The van der Waals surface area contributed by atoms with Gasteiger partial charge in [0.05, 0.1) is 31.6 Å². The van der Waals surface area contributed by atoms with Crippen LogP contribution in [0.4, 0.5) is 8.78 Å². The number of allylic oxidation sites excluding steroid dienone is 4. The van der Waals surface area contributed by atoms with E-state index in [2.05, 4.69) is 9.98 Å². The topological polar surface area (TPSA) is 76.7 Å². The number of alkyl halides is 1. The fraction of sp³-hybridized carbons (Fsp3) is 0.476. The Kier molecular flexibility index (Phi) is 7.22. The minimum Gasteiger partial charge on any atom is -0.394 e. The molecule has 0 saturated heterocycles. The maximum Gasteiger partial charge on any atom is 0.258 e. The molecule has 2 unspecified atom stereocenters. The number of rotatable bonds is 7. The van der Waals surface area contributed by atoms with Crippen molar-refractivity contribution < 1.29 is 18.6 Å². The molecule has 0 fully saturated rings. The molecule has 0 aliphatic heterocycles. The van der Waals surface area contributed by atoms with E-state index in [0.29, 0.717) is 48.6 Å². The minimum absolute atomic E-state index is 0.131. The molecule has 2 aliphatic rings. The van der Waals surface area contributed by atoms with E-state index in [1.54, 1.807) is 13.0 Å². The van der Waals surface area contributed by atoms with Gasteiger partial charge in [-0.3, -0.25) is 14.4 Å². The number of halogens is 2. The first-order valence-corrected chi connectivity index (χ1v) is 9.72. The summed E-state index contributed by atoms with van der Waals surface area (Å²) >= 11 is 0. The second kappa shape index (κ2) is 9.84. The minimum atomic E-state index is -1.40. The summed E-state index contributed by atoms with van der Waals surface area (Å²) < 4.78 is 34.9. The van der Waals surface area contributed by atoms with Crippen LogP contribution < -0.4 is 5.56 Å².